The molecule has 738 valence electrons. The van der Waals surface area contributed by atoms with Crippen molar-refractivity contribution in [2.75, 3.05) is 20.9 Å². The minimum absolute atomic E-state index is 0. The number of nitrogens with one attached hydrogen (secondary N) is 3. The Balaban J connectivity index is 0.000000159. The van der Waals surface area contributed by atoms with E-state index < -0.39 is 11.2 Å². The quantitative estimate of drug-likeness (QED) is 0.0403. The molecule has 0 atom stereocenters. The molecular weight excluding hydrogens is 1800 g/mol. The largest absolute Gasteiger partial charge is 0.341 e. The Morgan fingerprint density at radius 1 is 0.301 bits per heavy atom. The van der Waals surface area contributed by atoms with Crippen molar-refractivity contribution in [1.29, 1.82) is 0 Å². The summed E-state index contributed by atoms with van der Waals surface area (Å²) in [5, 5.41) is 12.2. The topological polar surface area (TPSA) is 308 Å². The fraction of sp³-hybridized carbons (Fsp3) is 0.272. The number of pyridine rings is 3. The van der Waals surface area contributed by atoms with E-state index in [0.29, 0.717) is 108 Å². The van der Waals surface area contributed by atoms with Crippen LogP contribution in [-0.2, 0) is 96.6 Å². The monoisotopic (exact) mass is 1920 g/mol. The van der Waals surface area contributed by atoms with Gasteiger partial charge in [0.05, 0.1) is 38.9 Å². The highest BCUT2D eigenvalue weighted by Gasteiger charge is 2.37. The molecule has 1 aliphatic heterocycles. The first-order valence-corrected chi connectivity index (χ1v) is 47.2. The number of nitrogens with zero attached hydrogens (tertiary/aromatic N) is 16. The molecular formula is C114H127N19O10. The van der Waals surface area contributed by atoms with Crippen LogP contribution in [-0.4, -0.2) is 81.6 Å². The molecule has 2 amide bonds. The van der Waals surface area contributed by atoms with E-state index in [0.717, 1.165) is 94.8 Å². The van der Waals surface area contributed by atoms with E-state index >= 15 is 0 Å². The van der Waals surface area contributed by atoms with Gasteiger partial charge in [0.15, 0.2) is 0 Å². The van der Waals surface area contributed by atoms with Gasteiger partial charge >= 0.3 is 22.8 Å². The number of fused-ring (bicyclic) bond motifs is 4. The SMILES string of the molecule is C.C.C.CC(C)Cn1c(=O)n(C)c(=O)c2c(Nc3ccccc3)n(Cc3ccc(-c4ccccn4)cc3)cc21.CC(C)Cn1c(=O)n(C)c(=O)c2cn(Cc3ccc(-c4ccccn4)cc3)c(N3C(=O)CCC3=O)c21.CC(C)Cn1c(=O)n(C)c(=O)c2cn(Cc3ccc(-c4ccccn4)cc3)c(Nc3ccccc3)c21.CCc1ccc(Cn2cc3c(c2Nc2ccccc2)c(=O)n(C)c(=O)n3CC(C)C)cc1. The summed E-state index contributed by atoms with van der Waals surface area (Å²) in [5.74, 6) is 2.54. The smallest absolute Gasteiger partial charge is 0.331 e. The van der Waals surface area contributed by atoms with Crippen molar-refractivity contribution < 1.29 is 9.59 Å². The zero-order valence-electron chi connectivity index (χ0n) is 81.0. The second-order valence-electron chi connectivity index (χ2n) is 37.0. The molecule has 0 saturated carbocycles. The zero-order valence-corrected chi connectivity index (χ0v) is 81.0. The second kappa shape index (κ2) is 45.6. The highest BCUT2D eigenvalue weighted by molar-refractivity contribution is 6.22. The molecule has 11 aromatic heterocycles. The van der Waals surface area contributed by atoms with Crippen molar-refractivity contribution in [2.24, 2.45) is 51.9 Å². The average molecular weight is 1920 g/mol. The standard InChI is InChI=1S/2C29H29N5O2.C27H27N5O4.C26H30N4O2.3CH4/c1-20(2)17-34-26-24(28(35)32(3)29(34)36)19-33(27(26)31-23-9-5-4-6-10-23)18-21-12-14-22(15-13-21)25-11-7-8-16-30-25;1-20(2)17-34-25-19-33(18-21-12-14-22(15-13-21)24-11-7-8-16-30-24)27(31-23-9-5-4-6-10-23)26(25)28(35)32(3)29(34)36;1-17(2)14-31-24-20(26(35)29(3)27(31)36)16-30(25(24)32-22(33)11-12-23(32)34)15-18-7-9-19(10-8-18)21-6-4-5-13-28-21;1-5-19-11-13-20(14-12-19)16-29-17-22-23(24(29)27-21-9-7-6-8-10-21)25(31)28(4)26(32)30(22)15-18(2)3;;;/h2*4-16,19-20,31H,17-18H2,1-3H3;4-10,13,16-17H,11-12,14-15H2,1-3H3;6-14,17-18,27H,5,15-16H2,1-4H3;3*1H4. The summed E-state index contributed by atoms with van der Waals surface area (Å²) in [7, 11) is 6.08. The number of anilines is 7. The van der Waals surface area contributed by atoms with E-state index in [2.05, 4.69) is 152 Å². The minimum Gasteiger partial charge on any atom is -0.341 e. The van der Waals surface area contributed by atoms with Crippen LogP contribution in [0.2, 0.25) is 0 Å². The molecule has 143 heavy (non-hydrogen) atoms. The van der Waals surface area contributed by atoms with Gasteiger partial charge in [-0.1, -0.05) is 254 Å². The fourth-order valence-corrected chi connectivity index (χ4v) is 17.7. The molecule has 7 aromatic carbocycles. The molecule has 0 bridgehead atoms. The molecule has 1 fully saturated rings. The lowest BCUT2D eigenvalue weighted by Gasteiger charge is -2.20. The molecule has 29 heteroatoms. The summed E-state index contributed by atoms with van der Waals surface area (Å²) >= 11 is 0. The highest BCUT2D eigenvalue weighted by Crippen LogP contribution is 2.36. The van der Waals surface area contributed by atoms with Crippen molar-refractivity contribution in [1.82, 2.24) is 69.8 Å². The van der Waals surface area contributed by atoms with Crippen LogP contribution in [0.1, 0.15) is 125 Å². The molecule has 1 aliphatic rings. The summed E-state index contributed by atoms with van der Waals surface area (Å²) in [4.78, 5) is 145. The summed E-state index contributed by atoms with van der Waals surface area (Å²) in [6, 6.07) is 79.6. The van der Waals surface area contributed by atoms with Gasteiger partial charge in [-0.3, -0.25) is 80.3 Å². The number of carbonyl (C=O) groups excluding carboxylic acids is 2. The predicted molar refractivity (Wildman–Crippen MR) is 577 cm³/mol. The van der Waals surface area contributed by atoms with Crippen LogP contribution in [0.5, 0.6) is 0 Å². The average Bonchev–Trinajstić information content (AvgIpc) is 1.58. The molecule has 0 unspecified atom stereocenters. The maximum absolute atomic E-state index is 13.4. The lowest BCUT2D eigenvalue weighted by atomic mass is 10.1. The van der Waals surface area contributed by atoms with E-state index in [9.17, 15) is 47.9 Å². The van der Waals surface area contributed by atoms with Crippen molar-refractivity contribution in [3.8, 4) is 33.8 Å². The first kappa shape index (κ1) is 104. The highest BCUT2D eigenvalue weighted by atomic mass is 16.2. The van der Waals surface area contributed by atoms with Gasteiger partial charge in [0.2, 0.25) is 11.8 Å². The number of imide groups is 1. The predicted octanol–water partition coefficient (Wildman–Crippen LogP) is 19.4. The maximum Gasteiger partial charge on any atom is 0.331 e. The number of aryl methyl sites for hydroxylation is 1. The van der Waals surface area contributed by atoms with E-state index in [1.165, 1.54) is 30.9 Å². The zero-order chi connectivity index (χ0) is 98.9. The van der Waals surface area contributed by atoms with Gasteiger partial charge in [-0.05, 0) is 131 Å². The van der Waals surface area contributed by atoms with E-state index in [4.69, 9.17) is 0 Å². The Bertz CT molecular complexity index is 7970. The van der Waals surface area contributed by atoms with Crippen LogP contribution in [0.15, 0.2) is 324 Å². The molecule has 29 nitrogen and oxygen atoms in total. The molecule has 3 N–H and O–H groups in total. The Labute approximate surface area is 830 Å². The van der Waals surface area contributed by atoms with Gasteiger partial charge in [0.25, 0.3) is 22.2 Å². The number of aromatic nitrogens is 15. The molecule has 1 saturated heterocycles. The first-order valence-electron chi connectivity index (χ1n) is 47.2. The first-order chi connectivity index (χ1) is 67.5. The van der Waals surface area contributed by atoms with Gasteiger partial charge in [0, 0.05) is 171 Å². The van der Waals surface area contributed by atoms with Gasteiger partial charge in [0.1, 0.15) is 45.1 Å². The number of amides is 2. The lowest BCUT2D eigenvalue weighted by molar-refractivity contribution is -0.121. The second-order valence-corrected chi connectivity index (χ2v) is 37.0. The maximum atomic E-state index is 13.4. The van der Waals surface area contributed by atoms with Gasteiger partial charge in [-0.2, -0.15) is 0 Å². The number of rotatable bonds is 27. The third kappa shape index (κ3) is 22.6. The van der Waals surface area contributed by atoms with Crippen LogP contribution < -0.4 is 65.8 Å². The van der Waals surface area contributed by atoms with Crippen LogP contribution in [0.4, 0.5) is 40.3 Å². The Morgan fingerprint density at radius 2 is 0.580 bits per heavy atom. The minimum atomic E-state index is -0.473. The lowest BCUT2D eigenvalue weighted by Crippen LogP contribution is -2.39. The van der Waals surface area contributed by atoms with Crippen LogP contribution in [0.25, 0.3) is 77.4 Å². The molecule has 0 radical (unpaired) electrons. The van der Waals surface area contributed by atoms with Crippen molar-refractivity contribution >= 4 is 95.8 Å². The van der Waals surface area contributed by atoms with Crippen LogP contribution in [0, 0.1) is 23.7 Å². The Hall–Kier alpha value is -16.6. The number of benzene rings is 7. The summed E-state index contributed by atoms with van der Waals surface area (Å²) in [5.41, 5.74) is 13.4. The van der Waals surface area contributed by atoms with Crippen LogP contribution in [0.3, 0.4) is 0 Å². The molecule has 0 spiro atoms. The molecule has 12 heterocycles. The normalized spacial score (nSPS) is 11.8. The number of carbonyl (C=O) groups is 2. The van der Waals surface area contributed by atoms with E-state index in [1.807, 2.05) is 216 Å². The Kier molecular flexibility index (Phi) is 33.1. The van der Waals surface area contributed by atoms with Gasteiger partial charge in [-0.25, -0.2) is 24.1 Å². The third-order valence-corrected chi connectivity index (χ3v) is 24.6. The number of hydrogen-bond donors (Lipinski definition) is 3. The van der Waals surface area contributed by atoms with Crippen LogP contribution >= 0.6 is 0 Å². The van der Waals surface area contributed by atoms with Gasteiger partial charge < -0.3 is 34.2 Å². The summed E-state index contributed by atoms with van der Waals surface area (Å²) in [6.45, 7) is 22.3. The summed E-state index contributed by atoms with van der Waals surface area (Å²) < 4.78 is 19.1. The van der Waals surface area contributed by atoms with E-state index in [-0.39, 0.29) is 110 Å². The fourth-order valence-electron chi connectivity index (χ4n) is 17.7. The van der Waals surface area contributed by atoms with E-state index in [1.54, 1.807) is 64.2 Å². The third-order valence-electron chi connectivity index (χ3n) is 24.6. The molecule has 18 aromatic rings. The molecule has 19 rings (SSSR count). The Morgan fingerprint density at radius 3 is 0.916 bits per heavy atom. The summed E-state index contributed by atoms with van der Waals surface area (Å²) in [6.07, 6.45) is 13.8. The molecule has 0 aliphatic carbocycles. The number of hydrogen-bond acceptors (Lipinski definition) is 16. The van der Waals surface area contributed by atoms with Crippen molar-refractivity contribution in [2.45, 2.75) is 156 Å². The van der Waals surface area contributed by atoms with Gasteiger partial charge in [-0.15, -0.1) is 0 Å². The van der Waals surface area contributed by atoms with Crippen molar-refractivity contribution in [3.63, 3.8) is 0 Å². The number of para-hydroxylation sites is 3. The van der Waals surface area contributed by atoms with Crippen molar-refractivity contribution in [3.05, 3.63) is 397 Å².